The van der Waals surface area contributed by atoms with Crippen LogP contribution < -0.4 is 5.32 Å². The average molecular weight is 361 g/mol. The number of carbonyl (C=O) groups excluding carboxylic acids is 1. The molecule has 1 aromatic carbocycles. The summed E-state index contributed by atoms with van der Waals surface area (Å²) in [4.78, 5) is 12.2. The minimum absolute atomic E-state index is 0.0388. The van der Waals surface area contributed by atoms with Crippen molar-refractivity contribution < 1.29 is 4.79 Å². The van der Waals surface area contributed by atoms with Crippen LogP contribution in [0.5, 0.6) is 0 Å². The van der Waals surface area contributed by atoms with E-state index in [4.69, 9.17) is 0 Å². The number of carbonyl (C=O) groups is 1. The number of halogens is 2. The molecule has 1 fully saturated rings. The van der Waals surface area contributed by atoms with Gasteiger partial charge in [0.1, 0.15) is 0 Å². The number of alkyl halides is 2. The number of rotatable bonds is 3. The molecule has 0 aliphatic heterocycles. The zero-order valence-corrected chi connectivity index (χ0v) is 13.0. The molecule has 2 atom stereocenters. The molecule has 4 heteroatoms. The third-order valence-electron chi connectivity index (χ3n) is 3.41. The normalized spacial score (nSPS) is 27.3. The third-order valence-corrected chi connectivity index (χ3v) is 5.72. The summed E-state index contributed by atoms with van der Waals surface area (Å²) in [5.74, 6) is 0.0857. The highest BCUT2D eigenvalue weighted by Crippen LogP contribution is 2.66. The Morgan fingerprint density at radius 3 is 2.35 bits per heavy atom. The molecule has 1 saturated carbocycles. The molecule has 2 unspecified atom stereocenters. The van der Waals surface area contributed by atoms with Gasteiger partial charge in [-0.3, -0.25) is 4.79 Å². The molecule has 0 saturated heterocycles. The van der Waals surface area contributed by atoms with Crippen LogP contribution in [0.2, 0.25) is 0 Å². The number of benzene rings is 1. The highest BCUT2D eigenvalue weighted by molar-refractivity contribution is 9.25. The predicted octanol–water partition coefficient (Wildman–Crippen LogP) is 3.76. The minimum Gasteiger partial charge on any atom is -0.349 e. The van der Waals surface area contributed by atoms with Crippen LogP contribution in [-0.4, -0.2) is 9.14 Å². The molecule has 2 rings (SSSR count). The van der Waals surface area contributed by atoms with Crippen molar-refractivity contribution in [1.82, 2.24) is 5.32 Å². The fourth-order valence-electron chi connectivity index (χ4n) is 1.83. The van der Waals surface area contributed by atoms with Crippen LogP contribution in [0.4, 0.5) is 0 Å². The molecule has 0 bridgehead atoms. The van der Waals surface area contributed by atoms with Crippen LogP contribution in [0.25, 0.3) is 0 Å². The molecule has 1 aromatic rings. The Kier molecular flexibility index (Phi) is 3.38. The van der Waals surface area contributed by atoms with Crippen LogP contribution in [0.3, 0.4) is 0 Å². The zero-order valence-electron chi connectivity index (χ0n) is 9.84. The van der Waals surface area contributed by atoms with Gasteiger partial charge in [-0.05, 0) is 25.8 Å². The molecule has 0 spiro atoms. The molecule has 0 aromatic heterocycles. The van der Waals surface area contributed by atoms with Crippen molar-refractivity contribution in [2.24, 2.45) is 5.41 Å². The molecule has 0 radical (unpaired) electrons. The molecule has 1 aliphatic rings. The van der Waals surface area contributed by atoms with Gasteiger partial charge >= 0.3 is 0 Å². The van der Waals surface area contributed by atoms with Gasteiger partial charge < -0.3 is 5.32 Å². The van der Waals surface area contributed by atoms with E-state index in [1.165, 1.54) is 0 Å². The molecule has 17 heavy (non-hydrogen) atoms. The average Bonchev–Trinajstić information content (AvgIpc) is 2.81. The van der Waals surface area contributed by atoms with Crippen molar-refractivity contribution in [3.8, 4) is 0 Å². The zero-order chi connectivity index (χ0) is 12.7. The summed E-state index contributed by atoms with van der Waals surface area (Å²) in [6.07, 6.45) is 0.813. The first kappa shape index (κ1) is 13.1. The minimum atomic E-state index is -0.351. The lowest BCUT2D eigenvalue weighted by molar-refractivity contribution is -0.126. The van der Waals surface area contributed by atoms with Gasteiger partial charge in [-0.15, -0.1) is 0 Å². The van der Waals surface area contributed by atoms with E-state index in [0.29, 0.717) is 0 Å². The summed E-state index contributed by atoms with van der Waals surface area (Å²) in [5.41, 5.74) is 0.774. The van der Waals surface area contributed by atoms with Crippen LogP contribution in [-0.2, 0) is 4.79 Å². The summed E-state index contributed by atoms with van der Waals surface area (Å²) >= 11 is 7.02. The summed E-state index contributed by atoms with van der Waals surface area (Å²) in [6, 6.07) is 10.0. The first-order chi connectivity index (χ1) is 7.87. The number of nitrogens with one attached hydrogen (secondary N) is 1. The second-order valence-electron chi connectivity index (χ2n) is 4.82. The second-order valence-corrected chi connectivity index (χ2v) is 8.59. The van der Waals surface area contributed by atoms with Gasteiger partial charge in [-0.1, -0.05) is 62.2 Å². The third kappa shape index (κ3) is 2.43. The van der Waals surface area contributed by atoms with Crippen molar-refractivity contribution in [2.75, 3.05) is 0 Å². The van der Waals surface area contributed by atoms with Gasteiger partial charge in [-0.2, -0.15) is 0 Å². The maximum atomic E-state index is 12.2. The molecular formula is C13H15Br2NO. The van der Waals surface area contributed by atoms with Crippen LogP contribution in [0.15, 0.2) is 30.3 Å². The Morgan fingerprint density at radius 1 is 1.35 bits per heavy atom. The van der Waals surface area contributed by atoms with Crippen molar-refractivity contribution >= 4 is 37.8 Å². The standard InChI is InChI=1S/C13H15Br2NO/c1-9(10-6-4-3-5-7-10)16-11(17)12(2)8-13(12,14)15/h3-7,9H,8H2,1-2H3,(H,16,17). The highest BCUT2D eigenvalue weighted by atomic mass is 79.9. The topological polar surface area (TPSA) is 29.1 Å². The monoisotopic (exact) mass is 359 g/mol. The first-order valence-corrected chi connectivity index (χ1v) is 7.19. The van der Waals surface area contributed by atoms with Crippen molar-refractivity contribution in [3.05, 3.63) is 35.9 Å². The molecule has 1 N–H and O–H groups in total. The Bertz CT molecular complexity index is 432. The van der Waals surface area contributed by atoms with Gasteiger partial charge in [0.25, 0.3) is 0 Å². The molecular weight excluding hydrogens is 346 g/mol. The lowest BCUT2D eigenvalue weighted by atomic mass is 10.1. The highest BCUT2D eigenvalue weighted by Gasteiger charge is 2.66. The quantitative estimate of drug-likeness (QED) is 0.817. The predicted molar refractivity (Wildman–Crippen MR) is 76.3 cm³/mol. The van der Waals surface area contributed by atoms with Gasteiger partial charge in [0, 0.05) is 0 Å². The smallest absolute Gasteiger partial charge is 0.228 e. The van der Waals surface area contributed by atoms with E-state index >= 15 is 0 Å². The van der Waals surface area contributed by atoms with E-state index in [0.717, 1.165) is 12.0 Å². The van der Waals surface area contributed by atoms with Gasteiger partial charge in [0.2, 0.25) is 5.91 Å². The lowest BCUT2D eigenvalue weighted by Crippen LogP contribution is -2.34. The summed E-state index contributed by atoms with van der Waals surface area (Å²) in [5, 5.41) is 3.06. The van der Waals surface area contributed by atoms with Crippen LogP contribution in [0, 0.1) is 5.41 Å². The van der Waals surface area contributed by atoms with E-state index in [9.17, 15) is 4.79 Å². The van der Waals surface area contributed by atoms with Crippen molar-refractivity contribution in [3.63, 3.8) is 0 Å². The molecule has 2 nitrogen and oxygen atoms in total. The summed E-state index contributed by atoms with van der Waals surface area (Å²) in [7, 11) is 0. The van der Waals surface area contributed by atoms with E-state index in [1.807, 2.05) is 44.2 Å². The van der Waals surface area contributed by atoms with E-state index < -0.39 is 0 Å². The fourth-order valence-corrected chi connectivity index (χ4v) is 3.31. The summed E-state index contributed by atoms with van der Waals surface area (Å²) < 4.78 is -0.229. The first-order valence-electron chi connectivity index (χ1n) is 5.60. The molecule has 92 valence electrons. The van der Waals surface area contributed by atoms with Crippen LogP contribution in [0.1, 0.15) is 31.9 Å². The largest absolute Gasteiger partial charge is 0.349 e. The van der Waals surface area contributed by atoms with Crippen molar-refractivity contribution in [1.29, 1.82) is 0 Å². The molecule has 0 heterocycles. The Balaban J connectivity index is 2.01. The SMILES string of the molecule is CC(NC(=O)C1(C)CC1(Br)Br)c1ccccc1. The fraction of sp³-hybridized carbons (Fsp3) is 0.462. The van der Waals surface area contributed by atoms with E-state index in [-0.39, 0.29) is 20.6 Å². The maximum absolute atomic E-state index is 12.2. The Hall–Kier alpha value is -0.350. The van der Waals surface area contributed by atoms with Gasteiger partial charge in [0.05, 0.1) is 14.7 Å². The second kappa shape index (κ2) is 4.39. The van der Waals surface area contributed by atoms with Crippen LogP contribution >= 0.6 is 31.9 Å². The Labute approximate surface area is 118 Å². The van der Waals surface area contributed by atoms with E-state index in [1.54, 1.807) is 0 Å². The summed E-state index contributed by atoms with van der Waals surface area (Å²) in [6.45, 7) is 3.96. The number of hydrogen-bond donors (Lipinski definition) is 1. The maximum Gasteiger partial charge on any atom is 0.228 e. The molecule has 1 aliphatic carbocycles. The van der Waals surface area contributed by atoms with Gasteiger partial charge in [-0.25, -0.2) is 0 Å². The Morgan fingerprint density at radius 2 is 1.88 bits per heavy atom. The van der Waals surface area contributed by atoms with Crippen molar-refractivity contribution in [2.45, 2.75) is 29.5 Å². The lowest BCUT2D eigenvalue weighted by Gasteiger charge is -2.18. The number of amides is 1. The number of hydrogen-bond acceptors (Lipinski definition) is 1. The van der Waals surface area contributed by atoms with Gasteiger partial charge in [0.15, 0.2) is 0 Å². The molecule has 1 amide bonds. The van der Waals surface area contributed by atoms with E-state index in [2.05, 4.69) is 37.2 Å².